The normalized spacial score (nSPS) is 11.8. The summed E-state index contributed by atoms with van der Waals surface area (Å²) in [5.74, 6) is 0. The van der Waals surface area contributed by atoms with Crippen LogP contribution in [0.25, 0.3) is 24.3 Å². The maximum atomic E-state index is 3.83. The summed E-state index contributed by atoms with van der Waals surface area (Å²) in [6.45, 7) is 9.19. The number of hydrogen-bond acceptors (Lipinski definition) is 4. The first-order chi connectivity index (χ1) is 36.4. The second-order valence-electron chi connectivity index (χ2n) is 22.0. The molecule has 0 radical (unpaired) electrons. The molecule has 0 nitrogen and oxygen atoms in total. The molecule has 0 aliphatic carbocycles. The average Bonchev–Trinajstić information content (AvgIpc) is 4.22. The van der Waals surface area contributed by atoms with E-state index < -0.39 is 0 Å². The Labute approximate surface area is 492 Å². The topological polar surface area (TPSA) is 0 Å². The lowest BCUT2D eigenvalue weighted by molar-refractivity contribution is 0.556. The molecule has 4 aromatic heterocycles. The van der Waals surface area contributed by atoms with Crippen molar-refractivity contribution in [1.82, 2.24) is 0 Å². The molecule has 74 heavy (non-hydrogen) atoms. The molecule has 4 heterocycles. The van der Waals surface area contributed by atoms with Gasteiger partial charge in [0.2, 0.25) is 0 Å². The SMILES string of the molecule is CCCCCCCCCCCCc1cc(/C=C/c2cc(CCCCCCCCCCCC)c(Br)s2)sc1Br.CCCCCCCCCCCCc1csc(/C=C/c2cc(CCCCCCCCCCCC)cs2)c1. The number of rotatable bonds is 48. The molecule has 0 aliphatic rings. The van der Waals surface area contributed by atoms with Crippen LogP contribution in [0.4, 0.5) is 0 Å². The second-order valence-corrected chi connectivity index (χ2v) is 28.7. The van der Waals surface area contributed by atoms with E-state index in [2.05, 4.69) is 119 Å². The Morgan fingerprint density at radius 1 is 0.284 bits per heavy atom. The van der Waals surface area contributed by atoms with E-state index in [1.54, 1.807) is 0 Å². The summed E-state index contributed by atoms with van der Waals surface area (Å²) in [5.41, 5.74) is 6.05. The molecule has 0 bridgehead atoms. The van der Waals surface area contributed by atoms with E-state index in [0.717, 1.165) is 0 Å². The standard InChI is InChI=1S/C34H54Br2S2.C34H56S2/c1-3-5-7-9-11-13-15-17-19-21-23-29-27-31(37-33(29)35)25-26-32-28-30(34(36)38-32)24-22-20-18-16-14-12-10-8-6-4-2;1-3-5-7-9-11-13-15-17-19-21-23-31-27-33(35-29-31)25-26-34-28-32(30-36-34)24-22-20-18-16-14-12-10-8-6-4-2/h25-28H,3-24H2,1-2H3;25-30H,3-24H2,1-2H3/b2*26-25+. The average molecular weight is 1220 g/mol. The lowest BCUT2D eigenvalue weighted by Crippen LogP contribution is -1.85. The lowest BCUT2D eigenvalue weighted by atomic mass is 10.0. The quantitative estimate of drug-likeness (QED) is 0.0387. The molecule has 0 N–H and O–H groups in total. The summed E-state index contributed by atoms with van der Waals surface area (Å²) < 4.78 is 2.64. The van der Waals surface area contributed by atoms with Gasteiger partial charge in [-0.3, -0.25) is 0 Å². The van der Waals surface area contributed by atoms with Crippen LogP contribution in [0.2, 0.25) is 0 Å². The van der Waals surface area contributed by atoms with Crippen LogP contribution >= 0.6 is 77.2 Å². The Morgan fingerprint density at radius 3 is 0.784 bits per heavy atom. The van der Waals surface area contributed by atoms with Crippen molar-refractivity contribution in [3.05, 3.63) is 84.4 Å². The highest BCUT2D eigenvalue weighted by Crippen LogP contribution is 2.34. The van der Waals surface area contributed by atoms with Crippen LogP contribution in [0, 0.1) is 0 Å². The molecule has 0 spiro atoms. The largest absolute Gasteiger partial charge is 0.144 e. The predicted molar refractivity (Wildman–Crippen MR) is 353 cm³/mol. The van der Waals surface area contributed by atoms with Gasteiger partial charge in [0.1, 0.15) is 0 Å². The number of hydrogen-bond donors (Lipinski definition) is 0. The number of thiophene rings is 4. The van der Waals surface area contributed by atoms with Gasteiger partial charge in [-0.2, -0.15) is 0 Å². The summed E-state index contributed by atoms with van der Waals surface area (Å²) in [6, 6.07) is 9.61. The summed E-state index contributed by atoms with van der Waals surface area (Å²) in [5, 5.41) is 4.75. The predicted octanol–water partition coefficient (Wildman–Crippen LogP) is 27.3. The van der Waals surface area contributed by atoms with Gasteiger partial charge in [0, 0.05) is 19.5 Å². The van der Waals surface area contributed by atoms with E-state index in [0.29, 0.717) is 0 Å². The van der Waals surface area contributed by atoms with E-state index >= 15 is 0 Å². The molecular weight excluding hydrogens is 1100 g/mol. The Balaban J connectivity index is 0.000000391. The van der Waals surface area contributed by atoms with Gasteiger partial charge in [-0.25, -0.2) is 0 Å². The van der Waals surface area contributed by atoms with Crippen LogP contribution in [-0.2, 0) is 25.7 Å². The summed E-state index contributed by atoms with van der Waals surface area (Å²) in [4.78, 5) is 5.53. The van der Waals surface area contributed by atoms with Crippen LogP contribution < -0.4 is 0 Å². The second kappa shape index (κ2) is 48.2. The van der Waals surface area contributed by atoms with Gasteiger partial charge in [0.15, 0.2) is 0 Å². The third-order valence-electron chi connectivity index (χ3n) is 15.0. The van der Waals surface area contributed by atoms with Crippen LogP contribution in [0.1, 0.15) is 326 Å². The van der Waals surface area contributed by atoms with Crippen molar-refractivity contribution in [3.63, 3.8) is 0 Å². The van der Waals surface area contributed by atoms with Gasteiger partial charge in [-0.1, -0.05) is 259 Å². The van der Waals surface area contributed by atoms with Gasteiger partial charge in [-0.15, -0.1) is 45.3 Å². The molecule has 420 valence electrons. The fraction of sp³-hybridized carbons (Fsp3) is 0.706. The first-order valence-electron chi connectivity index (χ1n) is 31.5. The molecule has 0 unspecified atom stereocenters. The zero-order valence-corrected chi connectivity index (χ0v) is 54.7. The van der Waals surface area contributed by atoms with Crippen molar-refractivity contribution in [3.8, 4) is 0 Å². The molecule has 0 aromatic carbocycles. The van der Waals surface area contributed by atoms with Gasteiger partial charge in [0.25, 0.3) is 0 Å². The monoisotopic (exact) mass is 1210 g/mol. The third kappa shape index (κ3) is 35.7. The highest BCUT2D eigenvalue weighted by Gasteiger charge is 2.09. The minimum Gasteiger partial charge on any atom is -0.144 e. The first-order valence-corrected chi connectivity index (χ1v) is 36.5. The molecule has 0 saturated carbocycles. The molecule has 0 aliphatic heterocycles. The zero-order valence-electron chi connectivity index (χ0n) is 48.3. The van der Waals surface area contributed by atoms with Gasteiger partial charge < -0.3 is 0 Å². The van der Waals surface area contributed by atoms with Crippen molar-refractivity contribution in [1.29, 1.82) is 0 Å². The zero-order chi connectivity index (χ0) is 52.8. The molecule has 6 heteroatoms. The fourth-order valence-electron chi connectivity index (χ4n) is 10.2. The Kier molecular flexibility index (Phi) is 44.0. The van der Waals surface area contributed by atoms with Crippen molar-refractivity contribution in [2.24, 2.45) is 0 Å². The van der Waals surface area contributed by atoms with E-state index in [4.69, 9.17) is 0 Å². The Bertz CT molecular complexity index is 1770. The molecule has 0 saturated heterocycles. The highest BCUT2D eigenvalue weighted by atomic mass is 79.9. The highest BCUT2D eigenvalue weighted by molar-refractivity contribution is 9.11. The first kappa shape index (κ1) is 67.5. The molecule has 0 amide bonds. The van der Waals surface area contributed by atoms with E-state index in [9.17, 15) is 0 Å². The van der Waals surface area contributed by atoms with Crippen LogP contribution in [-0.4, -0.2) is 0 Å². The summed E-state index contributed by atoms with van der Waals surface area (Å²) in [7, 11) is 0. The minimum atomic E-state index is 1.20. The smallest absolute Gasteiger partial charge is 0.0736 e. The number of aryl methyl sites for hydroxylation is 4. The van der Waals surface area contributed by atoms with Crippen LogP contribution in [0.3, 0.4) is 0 Å². The van der Waals surface area contributed by atoms with E-state index in [1.165, 1.54) is 332 Å². The van der Waals surface area contributed by atoms with Crippen molar-refractivity contribution < 1.29 is 0 Å². The van der Waals surface area contributed by atoms with Gasteiger partial charge >= 0.3 is 0 Å². The fourth-order valence-corrected chi connectivity index (χ4v) is 15.3. The molecule has 0 atom stereocenters. The molecule has 4 rings (SSSR count). The van der Waals surface area contributed by atoms with Crippen molar-refractivity contribution in [2.45, 2.75) is 310 Å². The lowest BCUT2D eigenvalue weighted by Gasteiger charge is -2.02. The van der Waals surface area contributed by atoms with Gasteiger partial charge in [-0.05, 0) is 165 Å². The summed E-state index contributed by atoms with van der Waals surface area (Å²) >= 11 is 15.2. The van der Waals surface area contributed by atoms with Gasteiger partial charge in [0.05, 0.1) is 7.57 Å². The number of halogens is 2. The molecular formula is C68H110Br2S4. The van der Waals surface area contributed by atoms with E-state index in [-0.39, 0.29) is 0 Å². The Morgan fingerprint density at radius 2 is 0.514 bits per heavy atom. The van der Waals surface area contributed by atoms with E-state index in [1.807, 2.05) is 45.3 Å². The molecule has 4 aromatic rings. The molecule has 0 fully saturated rings. The van der Waals surface area contributed by atoms with Crippen LogP contribution in [0.5, 0.6) is 0 Å². The maximum Gasteiger partial charge on any atom is 0.0736 e. The third-order valence-corrected chi connectivity index (χ3v) is 20.7. The van der Waals surface area contributed by atoms with Crippen molar-refractivity contribution in [2.75, 3.05) is 0 Å². The number of unbranched alkanes of at least 4 members (excludes halogenated alkanes) is 36. The maximum absolute atomic E-state index is 3.83. The van der Waals surface area contributed by atoms with Crippen LogP contribution in [0.15, 0.2) is 42.6 Å². The van der Waals surface area contributed by atoms with Crippen molar-refractivity contribution >= 4 is 102 Å². The Hall–Kier alpha value is -0.760. The summed E-state index contributed by atoms with van der Waals surface area (Å²) in [6.07, 6.45) is 70.5. The minimum absolute atomic E-state index is 1.20.